The lowest BCUT2D eigenvalue weighted by Crippen LogP contribution is -2.42. The number of urea groups is 1. The maximum absolute atomic E-state index is 12.0. The highest BCUT2D eigenvalue weighted by Gasteiger charge is 2.17. The van der Waals surface area contributed by atoms with E-state index in [2.05, 4.69) is 0 Å². The molecule has 120 valence electrons. The molecule has 7 nitrogen and oxygen atoms in total. The monoisotopic (exact) mass is 315 g/mol. The van der Waals surface area contributed by atoms with Crippen LogP contribution in [0.4, 0.5) is 10.5 Å². The van der Waals surface area contributed by atoms with Crippen molar-refractivity contribution in [2.45, 2.75) is 0 Å². The lowest BCUT2D eigenvalue weighted by atomic mass is 10.2. The Hall–Kier alpha value is -3.06. The third-order valence-electron chi connectivity index (χ3n) is 3.10. The molecule has 0 bridgehead atoms. The fourth-order valence-electron chi connectivity index (χ4n) is 1.84. The molecular weight excluding hydrogens is 298 g/mol. The van der Waals surface area contributed by atoms with Crippen LogP contribution in [0.1, 0.15) is 0 Å². The zero-order valence-corrected chi connectivity index (χ0v) is 12.5. The Morgan fingerprint density at radius 1 is 1.09 bits per heavy atom. The van der Waals surface area contributed by atoms with Crippen LogP contribution in [0, 0.1) is 0 Å². The van der Waals surface area contributed by atoms with Crippen LogP contribution in [0.5, 0.6) is 11.5 Å². The summed E-state index contributed by atoms with van der Waals surface area (Å²) in [6, 6.07) is 15.0. The van der Waals surface area contributed by atoms with Crippen molar-refractivity contribution in [3.8, 4) is 11.5 Å². The second-order valence-electron chi connectivity index (χ2n) is 4.76. The smallest absolute Gasteiger partial charge is 0.339 e. The fourth-order valence-corrected chi connectivity index (χ4v) is 1.84. The number of benzene rings is 2. The highest BCUT2D eigenvalue weighted by molar-refractivity contribution is 5.95. The van der Waals surface area contributed by atoms with Crippen LogP contribution in [0.3, 0.4) is 0 Å². The van der Waals surface area contributed by atoms with Crippen molar-refractivity contribution in [2.24, 2.45) is 5.73 Å². The summed E-state index contributed by atoms with van der Waals surface area (Å²) in [4.78, 5) is 24.1. The molecule has 3 N–H and O–H groups in total. The highest BCUT2D eigenvalue weighted by Crippen LogP contribution is 2.25. The summed E-state index contributed by atoms with van der Waals surface area (Å²) in [6.45, 7) is -0.532. The van der Waals surface area contributed by atoms with E-state index < -0.39 is 18.5 Å². The Morgan fingerprint density at radius 2 is 1.74 bits per heavy atom. The van der Waals surface area contributed by atoms with Crippen LogP contribution in [-0.2, 0) is 4.79 Å². The predicted molar refractivity (Wildman–Crippen MR) is 84.4 cm³/mol. The number of anilines is 1. The van der Waals surface area contributed by atoms with Gasteiger partial charge in [0.2, 0.25) is 5.91 Å². The number of ether oxygens (including phenoxy) is 1. The van der Waals surface area contributed by atoms with Crippen LogP contribution in [0.15, 0.2) is 54.6 Å². The van der Waals surface area contributed by atoms with Crippen molar-refractivity contribution in [1.82, 2.24) is 5.06 Å². The number of carbonyl (C=O) groups excluding carboxylic acids is 2. The van der Waals surface area contributed by atoms with Gasteiger partial charge >= 0.3 is 6.03 Å². The highest BCUT2D eigenvalue weighted by atomic mass is 16.5. The number of rotatable bonds is 5. The molecule has 0 atom stereocenters. The van der Waals surface area contributed by atoms with E-state index in [0.717, 1.165) is 0 Å². The molecule has 0 aliphatic heterocycles. The molecule has 0 unspecified atom stereocenters. The van der Waals surface area contributed by atoms with E-state index in [-0.39, 0.29) is 5.06 Å². The van der Waals surface area contributed by atoms with E-state index in [4.69, 9.17) is 10.5 Å². The molecule has 0 saturated heterocycles. The molecule has 0 aliphatic rings. The molecule has 23 heavy (non-hydrogen) atoms. The van der Waals surface area contributed by atoms with Gasteiger partial charge in [-0.15, -0.1) is 0 Å². The first kappa shape index (κ1) is 16.3. The zero-order valence-electron chi connectivity index (χ0n) is 12.5. The minimum Gasteiger partial charge on any atom is -0.457 e. The molecule has 2 rings (SSSR count). The molecule has 0 heterocycles. The van der Waals surface area contributed by atoms with Crippen molar-refractivity contribution in [3.63, 3.8) is 0 Å². The molecule has 2 aromatic rings. The lowest BCUT2D eigenvalue weighted by molar-refractivity contribution is -0.126. The summed E-state index contributed by atoms with van der Waals surface area (Å²) in [6.07, 6.45) is 0. The molecule has 0 spiro atoms. The van der Waals surface area contributed by atoms with Gasteiger partial charge < -0.3 is 15.4 Å². The Kier molecular flexibility index (Phi) is 5.16. The van der Waals surface area contributed by atoms with Crippen molar-refractivity contribution in [2.75, 3.05) is 18.5 Å². The van der Waals surface area contributed by atoms with Crippen molar-refractivity contribution >= 4 is 17.6 Å². The van der Waals surface area contributed by atoms with E-state index in [1.54, 1.807) is 24.3 Å². The predicted octanol–water partition coefficient (Wildman–Crippen LogP) is 2.21. The molecule has 0 fully saturated rings. The topological polar surface area (TPSA) is 96.1 Å². The number of carbonyl (C=O) groups is 2. The fraction of sp³-hybridized carbons (Fsp3) is 0.125. The standard InChI is InChI=1S/C16H17N3O4/c1-18(15(20)11-19(22)16(17)21)12-6-5-9-14(10-12)23-13-7-3-2-4-8-13/h2-10,22H,11H2,1H3,(H2,17,21). The van der Waals surface area contributed by atoms with Gasteiger partial charge in [0.1, 0.15) is 18.0 Å². The van der Waals surface area contributed by atoms with E-state index in [0.29, 0.717) is 17.2 Å². The van der Waals surface area contributed by atoms with Gasteiger partial charge in [-0.05, 0) is 24.3 Å². The lowest BCUT2D eigenvalue weighted by Gasteiger charge is -2.20. The minimum absolute atomic E-state index is 0.156. The number of hydroxylamine groups is 2. The van der Waals surface area contributed by atoms with Crippen LogP contribution in [-0.4, -0.2) is 35.8 Å². The third kappa shape index (κ3) is 4.45. The van der Waals surface area contributed by atoms with E-state index >= 15 is 0 Å². The Balaban J connectivity index is 2.09. The number of nitrogens with two attached hydrogens (primary N) is 1. The van der Waals surface area contributed by atoms with Gasteiger partial charge in [0.25, 0.3) is 0 Å². The van der Waals surface area contributed by atoms with Gasteiger partial charge in [0.05, 0.1) is 0 Å². The SMILES string of the molecule is CN(C(=O)CN(O)C(N)=O)c1cccc(Oc2ccccc2)c1. The first-order valence-corrected chi connectivity index (χ1v) is 6.83. The van der Waals surface area contributed by atoms with Crippen molar-refractivity contribution in [1.29, 1.82) is 0 Å². The molecule has 2 aromatic carbocycles. The van der Waals surface area contributed by atoms with Gasteiger partial charge in [-0.1, -0.05) is 24.3 Å². The van der Waals surface area contributed by atoms with E-state index in [9.17, 15) is 14.8 Å². The molecule has 3 amide bonds. The third-order valence-corrected chi connectivity index (χ3v) is 3.10. The van der Waals surface area contributed by atoms with Crippen LogP contribution >= 0.6 is 0 Å². The molecule has 0 aromatic heterocycles. The number of hydrogen-bond donors (Lipinski definition) is 2. The van der Waals surface area contributed by atoms with Crippen molar-refractivity contribution in [3.05, 3.63) is 54.6 Å². The molecule has 0 saturated carbocycles. The second-order valence-corrected chi connectivity index (χ2v) is 4.76. The maximum Gasteiger partial charge on any atom is 0.339 e. The van der Waals surface area contributed by atoms with E-state index in [1.165, 1.54) is 11.9 Å². The number of para-hydroxylation sites is 1. The van der Waals surface area contributed by atoms with Gasteiger partial charge in [-0.3, -0.25) is 10.0 Å². The average Bonchev–Trinajstić information content (AvgIpc) is 2.55. The first-order valence-electron chi connectivity index (χ1n) is 6.83. The number of likely N-dealkylation sites (N-methyl/N-ethyl adjacent to an activating group) is 1. The maximum atomic E-state index is 12.0. The Labute approximate surface area is 133 Å². The van der Waals surface area contributed by atoms with Crippen molar-refractivity contribution < 1.29 is 19.5 Å². The Morgan fingerprint density at radius 3 is 2.39 bits per heavy atom. The van der Waals surface area contributed by atoms with Crippen LogP contribution in [0.2, 0.25) is 0 Å². The normalized spacial score (nSPS) is 10.0. The summed E-state index contributed by atoms with van der Waals surface area (Å²) < 4.78 is 5.70. The molecular formula is C16H17N3O4. The molecule has 0 radical (unpaired) electrons. The minimum atomic E-state index is -1.09. The summed E-state index contributed by atoms with van der Waals surface area (Å²) in [5.74, 6) is 0.737. The van der Waals surface area contributed by atoms with Gasteiger partial charge in [-0.25, -0.2) is 4.79 Å². The zero-order chi connectivity index (χ0) is 16.8. The Bertz CT molecular complexity index is 691. The number of amides is 3. The average molecular weight is 315 g/mol. The largest absolute Gasteiger partial charge is 0.457 e. The second kappa shape index (κ2) is 7.28. The van der Waals surface area contributed by atoms with Gasteiger partial charge in [0, 0.05) is 18.8 Å². The summed E-state index contributed by atoms with van der Waals surface area (Å²) in [5, 5.41) is 9.38. The number of nitrogens with zero attached hydrogens (tertiary/aromatic N) is 2. The summed E-state index contributed by atoms with van der Waals surface area (Å²) >= 11 is 0. The number of hydrogen-bond acceptors (Lipinski definition) is 4. The van der Waals surface area contributed by atoms with Gasteiger partial charge in [-0.2, -0.15) is 5.06 Å². The van der Waals surface area contributed by atoms with Crippen LogP contribution in [0.25, 0.3) is 0 Å². The van der Waals surface area contributed by atoms with Crippen LogP contribution < -0.4 is 15.4 Å². The van der Waals surface area contributed by atoms with E-state index in [1.807, 2.05) is 30.3 Å². The number of primary amides is 1. The quantitative estimate of drug-likeness (QED) is 0.653. The summed E-state index contributed by atoms with van der Waals surface area (Å²) in [7, 11) is 1.53. The van der Waals surface area contributed by atoms with Gasteiger partial charge in [0.15, 0.2) is 0 Å². The molecule has 7 heteroatoms. The summed E-state index contributed by atoms with van der Waals surface area (Å²) in [5.41, 5.74) is 5.44. The first-order chi connectivity index (χ1) is 11.0. The molecule has 0 aliphatic carbocycles.